The summed E-state index contributed by atoms with van der Waals surface area (Å²) in [6.07, 6.45) is 3.34. The third-order valence-electron chi connectivity index (χ3n) is 6.15. The van der Waals surface area contributed by atoms with Gasteiger partial charge in [0.2, 0.25) is 0 Å². The number of aromatic amines is 1. The van der Waals surface area contributed by atoms with Gasteiger partial charge < -0.3 is 14.3 Å². The highest BCUT2D eigenvalue weighted by Gasteiger charge is 2.28. The van der Waals surface area contributed by atoms with Gasteiger partial charge in [-0.25, -0.2) is 0 Å². The van der Waals surface area contributed by atoms with E-state index < -0.39 is 0 Å². The Morgan fingerprint density at radius 1 is 0.931 bits per heavy atom. The maximum absolute atomic E-state index is 6.04. The van der Waals surface area contributed by atoms with E-state index in [0.29, 0.717) is 12.5 Å². The quantitative estimate of drug-likeness (QED) is 0.394. The summed E-state index contributed by atoms with van der Waals surface area (Å²) in [4.78, 5) is 3.44. The summed E-state index contributed by atoms with van der Waals surface area (Å²) >= 11 is 0. The van der Waals surface area contributed by atoms with Crippen LogP contribution in [0.4, 0.5) is 0 Å². The van der Waals surface area contributed by atoms with E-state index >= 15 is 0 Å². The molecule has 0 saturated carbocycles. The topological polar surface area (TPSA) is 29.9 Å². The van der Waals surface area contributed by atoms with Gasteiger partial charge in [-0.1, -0.05) is 48.5 Å². The van der Waals surface area contributed by atoms with E-state index in [1.165, 1.54) is 38.6 Å². The molecule has 6 rings (SSSR count). The molecular formula is C26H22N2O. The highest BCUT2D eigenvalue weighted by molar-refractivity contribution is 5.86. The fourth-order valence-corrected chi connectivity index (χ4v) is 4.74. The van der Waals surface area contributed by atoms with Gasteiger partial charge in [-0.3, -0.25) is 0 Å². The first-order chi connectivity index (χ1) is 14.4. The Morgan fingerprint density at radius 3 is 2.72 bits per heavy atom. The van der Waals surface area contributed by atoms with Gasteiger partial charge in [-0.2, -0.15) is 0 Å². The lowest BCUT2D eigenvalue weighted by molar-refractivity contribution is 0.306. The smallest absolute Gasteiger partial charge is 0.120 e. The first-order valence-corrected chi connectivity index (χ1v) is 10.2. The highest BCUT2D eigenvalue weighted by atomic mass is 16.5. The number of hydrogen-bond acceptors (Lipinski definition) is 1. The van der Waals surface area contributed by atoms with E-state index in [0.717, 1.165) is 18.7 Å². The van der Waals surface area contributed by atoms with Crippen molar-refractivity contribution in [3.63, 3.8) is 0 Å². The van der Waals surface area contributed by atoms with Crippen LogP contribution in [0.25, 0.3) is 21.8 Å². The molecular weight excluding hydrogens is 356 g/mol. The summed E-state index contributed by atoms with van der Waals surface area (Å²) in [6.45, 7) is 1.66. The van der Waals surface area contributed by atoms with Crippen molar-refractivity contribution in [2.24, 2.45) is 0 Å². The molecule has 3 nitrogen and oxygen atoms in total. The lowest BCUT2D eigenvalue weighted by atomic mass is 9.94. The van der Waals surface area contributed by atoms with Crippen molar-refractivity contribution in [1.82, 2.24) is 9.55 Å². The Kier molecular flexibility index (Phi) is 3.73. The Bertz CT molecular complexity index is 1310. The zero-order chi connectivity index (χ0) is 19.2. The summed E-state index contributed by atoms with van der Waals surface area (Å²) in [7, 11) is 0. The molecule has 1 aliphatic rings. The average molecular weight is 378 g/mol. The van der Waals surface area contributed by atoms with Gasteiger partial charge in [0.05, 0.1) is 0 Å². The van der Waals surface area contributed by atoms with Crippen molar-refractivity contribution in [2.75, 3.05) is 0 Å². The number of fused-ring (bicyclic) bond motifs is 4. The molecule has 0 radical (unpaired) electrons. The van der Waals surface area contributed by atoms with E-state index in [9.17, 15) is 0 Å². The summed E-state index contributed by atoms with van der Waals surface area (Å²) < 4.78 is 8.52. The molecule has 0 aliphatic carbocycles. The number of hydrogen-bond donors (Lipinski definition) is 1. The van der Waals surface area contributed by atoms with E-state index in [-0.39, 0.29) is 0 Å². The second-order valence-corrected chi connectivity index (χ2v) is 7.85. The van der Waals surface area contributed by atoms with Gasteiger partial charge in [0.1, 0.15) is 12.4 Å². The number of nitrogens with one attached hydrogen (secondary N) is 1. The predicted molar refractivity (Wildman–Crippen MR) is 117 cm³/mol. The van der Waals surface area contributed by atoms with Crippen LogP contribution in [-0.4, -0.2) is 9.55 Å². The minimum Gasteiger partial charge on any atom is -0.489 e. The highest BCUT2D eigenvalue weighted by Crippen LogP contribution is 2.41. The Morgan fingerprint density at radius 2 is 1.79 bits per heavy atom. The summed E-state index contributed by atoms with van der Waals surface area (Å²) in [6, 6.07) is 27.7. The molecule has 3 heteroatoms. The number of nitrogens with zero attached hydrogens (tertiary/aromatic N) is 1. The molecule has 142 valence electrons. The van der Waals surface area contributed by atoms with Crippen molar-refractivity contribution >= 4 is 21.8 Å². The predicted octanol–water partition coefficient (Wildman–Crippen LogP) is 6.24. The van der Waals surface area contributed by atoms with Crippen molar-refractivity contribution in [2.45, 2.75) is 25.5 Å². The molecule has 1 N–H and O–H groups in total. The number of H-pyrrole nitrogens is 1. The largest absolute Gasteiger partial charge is 0.489 e. The Hall–Kier alpha value is -3.46. The number of ether oxygens (including phenoxy) is 1. The van der Waals surface area contributed by atoms with Crippen LogP contribution >= 0.6 is 0 Å². The molecule has 0 amide bonds. The zero-order valence-electron chi connectivity index (χ0n) is 16.1. The summed E-state index contributed by atoms with van der Waals surface area (Å²) in [5, 5.41) is 2.60. The van der Waals surface area contributed by atoms with Crippen LogP contribution < -0.4 is 4.74 Å². The van der Waals surface area contributed by atoms with Gasteiger partial charge in [-0.05, 0) is 47.9 Å². The van der Waals surface area contributed by atoms with Crippen molar-refractivity contribution in [1.29, 1.82) is 0 Å². The fraction of sp³-hybridized carbons (Fsp3) is 0.154. The first-order valence-electron chi connectivity index (χ1n) is 10.2. The van der Waals surface area contributed by atoms with Crippen LogP contribution in [0.15, 0.2) is 85.1 Å². The molecule has 3 aromatic carbocycles. The maximum atomic E-state index is 6.04. The van der Waals surface area contributed by atoms with Gasteiger partial charge >= 0.3 is 0 Å². The van der Waals surface area contributed by atoms with E-state index in [2.05, 4.69) is 76.4 Å². The molecule has 0 bridgehead atoms. The zero-order valence-corrected chi connectivity index (χ0v) is 16.1. The Balaban J connectivity index is 1.34. The minimum absolute atomic E-state index is 0.437. The molecule has 29 heavy (non-hydrogen) atoms. The van der Waals surface area contributed by atoms with Crippen molar-refractivity contribution in [3.05, 3.63) is 102 Å². The Labute approximate surface area is 169 Å². The molecule has 1 unspecified atom stereocenters. The number of benzene rings is 3. The van der Waals surface area contributed by atoms with Gasteiger partial charge in [0.15, 0.2) is 0 Å². The third kappa shape index (κ3) is 2.73. The maximum Gasteiger partial charge on any atom is 0.120 e. The van der Waals surface area contributed by atoms with Crippen LogP contribution in [-0.2, 0) is 13.2 Å². The molecule has 0 spiro atoms. The number of aromatic nitrogens is 2. The summed E-state index contributed by atoms with van der Waals surface area (Å²) in [5.41, 5.74) is 6.52. The standard InChI is InChI=1S/C26H22N2O/c1-2-6-18(7-3-1)17-29-20-10-11-25-19(14-20)15-26-22(12-13-28(25)26)23-16-27-24-9-5-4-8-21(23)24/h1-11,14-16,22,27H,12-13,17H2. The number of para-hydroxylation sites is 1. The van der Waals surface area contributed by atoms with E-state index in [4.69, 9.17) is 4.74 Å². The third-order valence-corrected chi connectivity index (χ3v) is 6.15. The lowest BCUT2D eigenvalue weighted by Crippen LogP contribution is -1.95. The molecule has 0 saturated heterocycles. The van der Waals surface area contributed by atoms with E-state index in [1.807, 2.05) is 18.2 Å². The van der Waals surface area contributed by atoms with Gasteiger partial charge in [-0.15, -0.1) is 0 Å². The van der Waals surface area contributed by atoms with Crippen molar-refractivity contribution in [3.8, 4) is 5.75 Å². The molecule has 3 heterocycles. The van der Waals surface area contributed by atoms with Gasteiger partial charge in [0, 0.05) is 46.2 Å². The van der Waals surface area contributed by atoms with E-state index in [1.54, 1.807) is 0 Å². The second-order valence-electron chi connectivity index (χ2n) is 7.85. The van der Waals surface area contributed by atoms with Crippen LogP contribution in [0.2, 0.25) is 0 Å². The lowest BCUT2D eigenvalue weighted by Gasteiger charge is -2.08. The SMILES string of the molecule is c1ccc(COc2ccc3c(c2)cc2n3CCC2c2c[nH]c3ccccc23)cc1. The number of rotatable bonds is 4. The fourth-order valence-electron chi connectivity index (χ4n) is 4.74. The normalized spacial score (nSPS) is 15.8. The van der Waals surface area contributed by atoms with Crippen LogP contribution in [0.3, 0.4) is 0 Å². The van der Waals surface area contributed by atoms with Crippen LogP contribution in [0.1, 0.15) is 29.2 Å². The molecule has 1 aliphatic heterocycles. The van der Waals surface area contributed by atoms with Crippen molar-refractivity contribution < 1.29 is 4.74 Å². The van der Waals surface area contributed by atoms with Crippen LogP contribution in [0.5, 0.6) is 5.75 Å². The van der Waals surface area contributed by atoms with Gasteiger partial charge in [0.25, 0.3) is 0 Å². The second kappa shape index (κ2) is 6.56. The van der Waals surface area contributed by atoms with Crippen LogP contribution in [0, 0.1) is 0 Å². The molecule has 0 fully saturated rings. The number of aryl methyl sites for hydroxylation is 1. The minimum atomic E-state index is 0.437. The molecule has 5 aromatic rings. The monoisotopic (exact) mass is 378 g/mol. The first kappa shape index (κ1) is 16.5. The molecule has 2 aromatic heterocycles. The average Bonchev–Trinajstić information content (AvgIpc) is 3.46. The summed E-state index contributed by atoms with van der Waals surface area (Å²) in [5.74, 6) is 1.36. The molecule has 1 atom stereocenters.